The van der Waals surface area contributed by atoms with Crippen LogP contribution in [0.2, 0.25) is 0 Å². The summed E-state index contributed by atoms with van der Waals surface area (Å²) in [7, 11) is 0. The number of fused-ring (bicyclic) bond motifs is 1. The molecule has 6 aromatic carbocycles. The molecule has 260 valence electrons. The Labute approximate surface area is 296 Å². The molecule has 0 aromatic heterocycles. The third-order valence-corrected chi connectivity index (χ3v) is 7.62. The molecule has 0 fully saturated rings. The van der Waals surface area contributed by atoms with Crippen LogP contribution in [0.1, 0.15) is 65.2 Å². The molecule has 0 bridgehead atoms. The predicted octanol–water partition coefficient (Wildman–Crippen LogP) is 10.5. The Morgan fingerprint density at radius 1 is 0.340 bits per heavy atom. The number of phenolic OH excluding ortho intramolecular Hbond substituents is 4. The minimum atomic E-state index is 0.384. The van der Waals surface area contributed by atoms with Gasteiger partial charge in [-0.3, -0.25) is 9.59 Å². The van der Waals surface area contributed by atoms with Crippen LogP contribution in [0.3, 0.4) is 0 Å². The molecule has 0 saturated heterocycles. The van der Waals surface area contributed by atoms with Crippen molar-refractivity contribution in [2.75, 3.05) is 0 Å². The van der Waals surface area contributed by atoms with E-state index in [4.69, 9.17) is 20.4 Å². The van der Waals surface area contributed by atoms with Crippen molar-refractivity contribution in [1.29, 1.82) is 0 Å². The highest BCUT2D eigenvalue weighted by Gasteiger charge is 1.98. The summed E-state index contributed by atoms with van der Waals surface area (Å²) < 4.78 is 0. The third-order valence-electron chi connectivity index (χ3n) is 7.62. The second-order valence-electron chi connectivity index (χ2n) is 12.3. The fraction of sp³-hybridized carbons (Fsp3) is 0.182. The van der Waals surface area contributed by atoms with Gasteiger partial charge >= 0.3 is 0 Å². The van der Waals surface area contributed by atoms with E-state index in [1.54, 1.807) is 48.5 Å². The van der Waals surface area contributed by atoms with E-state index in [0.29, 0.717) is 34.1 Å². The average Bonchev–Trinajstić information content (AvgIpc) is 3.09. The molecule has 6 aromatic rings. The van der Waals surface area contributed by atoms with Crippen LogP contribution in [0.5, 0.6) is 23.0 Å². The highest BCUT2D eigenvalue weighted by Crippen LogP contribution is 2.19. The summed E-state index contributed by atoms with van der Waals surface area (Å²) in [6.07, 6.45) is 1.63. The highest BCUT2D eigenvalue weighted by atomic mass is 16.3. The van der Waals surface area contributed by atoms with E-state index in [0.717, 1.165) is 67.9 Å². The zero-order valence-electron chi connectivity index (χ0n) is 30.2. The van der Waals surface area contributed by atoms with Gasteiger partial charge < -0.3 is 20.4 Å². The average molecular weight is 673 g/mol. The number of phenols is 4. The molecule has 0 radical (unpaired) electrons. The monoisotopic (exact) mass is 672 g/mol. The number of hydrogen-bond donors (Lipinski definition) is 4. The largest absolute Gasteiger partial charge is 0.508 e. The Kier molecular flexibility index (Phi) is 16.0. The summed E-state index contributed by atoms with van der Waals surface area (Å²) in [6.45, 7) is 15.4. The maximum Gasteiger partial charge on any atom is 0.150 e. The lowest BCUT2D eigenvalue weighted by molar-refractivity contribution is 0.111. The van der Waals surface area contributed by atoms with Crippen molar-refractivity contribution in [2.45, 2.75) is 55.4 Å². The summed E-state index contributed by atoms with van der Waals surface area (Å²) in [5, 5.41) is 38.3. The normalized spacial score (nSPS) is 9.68. The molecule has 50 heavy (non-hydrogen) atoms. The van der Waals surface area contributed by atoms with Gasteiger partial charge in [-0.1, -0.05) is 72.8 Å². The van der Waals surface area contributed by atoms with Crippen molar-refractivity contribution in [3.05, 3.63) is 165 Å². The van der Waals surface area contributed by atoms with Crippen LogP contribution in [0.4, 0.5) is 0 Å². The molecule has 0 aliphatic carbocycles. The van der Waals surface area contributed by atoms with Crippen molar-refractivity contribution in [2.24, 2.45) is 0 Å². The molecule has 0 saturated carbocycles. The molecule has 4 N–H and O–H groups in total. The topological polar surface area (TPSA) is 115 Å². The second kappa shape index (κ2) is 19.8. The van der Waals surface area contributed by atoms with Gasteiger partial charge in [-0.2, -0.15) is 0 Å². The molecule has 0 heterocycles. The molecule has 0 aliphatic rings. The van der Waals surface area contributed by atoms with Gasteiger partial charge in [-0.05, 0) is 147 Å². The Morgan fingerprint density at radius 3 is 0.760 bits per heavy atom. The first-order valence-corrected chi connectivity index (χ1v) is 16.1. The van der Waals surface area contributed by atoms with E-state index in [-0.39, 0.29) is 0 Å². The maximum atomic E-state index is 10.5. The lowest BCUT2D eigenvalue weighted by Gasteiger charge is -1.99. The first-order chi connectivity index (χ1) is 23.6. The van der Waals surface area contributed by atoms with Gasteiger partial charge in [0.1, 0.15) is 35.6 Å². The van der Waals surface area contributed by atoms with Crippen molar-refractivity contribution in [1.82, 2.24) is 0 Å². The summed E-state index contributed by atoms with van der Waals surface area (Å²) in [4.78, 5) is 21.0. The molecule has 0 atom stereocenters. The van der Waals surface area contributed by atoms with Crippen LogP contribution < -0.4 is 0 Å². The third kappa shape index (κ3) is 13.7. The van der Waals surface area contributed by atoms with Gasteiger partial charge in [0.2, 0.25) is 0 Å². The summed E-state index contributed by atoms with van der Waals surface area (Å²) in [5.41, 5.74) is 9.41. The zero-order chi connectivity index (χ0) is 37.4. The lowest BCUT2D eigenvalue weighted by atomic mass is 10.1. The molecule has 6 nitrogen and oxygen atoms in total. The Hall–Kier alpha value is -5.88. The minimum absolute atomic E-state index is 0.384. The van der Waals surface area contributed by atoms with Crippen LogP contribution in [-0.2, 0) is 0 Å². The Bertz CT molecular complexity index is 1780. The number of aldehydes is 2. The first-order valence-electron chi connectivity index (χ1n) is 16.1. The zero-order valence-corrected chi connectivity index (χ0v) is 30.2. The quantitative estimate of drug-likeness (QED) is 0.136. The fourth-order valence-electron chi connectivity index (χ4n) is 4.31. The maximum absolute atomic E-state index is 10.5. The summed E-state index contributed by atoms with van der Waals surface area (Å²) in [5.74, 6) is 1.54. The molecule has 6 rings (SSSR count). The first kappa shape index (κ1) is 40.3. The van der Waals surface area contributed by atoms with E-state index < -0.39 is 0 Å². The van der Waals surface area contributed by atoms with E-state index in [1.807, 2.05) is 116 Å². The van der Waals surface area contributed by atoms with E-state index in [1.165, 1.54) is 0 Å². The van der Waals surface area contributed by atoms with Gasteiger partial charge in [0.15, 0.2) is 0 Å². The van der Waals surface area contributed by atoms with Crippen molar-refractivity contribution >= 4 is 23.3 Å². The molecule has 0 aliphatic heterocycles. The van der Waals surface area contributed by atoms with Crippen molar-refractivity contribution < 1.29 is 30.0 Å². The SMILES string of the molecule is Cc1ccc(C)c(O)c1.Cc1ccc(C)c(O)c1.Cc1ccc(C)c(O)c1.Cc1ccc(C)c(O)c1.O=Cc1ccc2cc(C=O)ccc2c1. The Morgan fingerprint density at radius 2 is 0.580 bits per heavy atom. The summed E-state index contributed by atoms with van der Waals surface area (Å²) in [6, 6.07) is 33.4. The van der Waals surface area contributed by atoms with Crippen LogP contribution in [0.15, 0.2) is 109 Å². The highest BCUT2D eigenvalue weighted by molar-refractivity contribution is 5.92. The van der Waals surface area contributed by atoms with Gasteiger partial charge in [0, 0.05) is 11.1 Å². The van der Waals surface area contributed by atoms with Crippen molar-refractivity contribution in [3.63, 3.8) is 0 Å². The number of benzene rings is 6. The van der Waals surface area contributed by atoms with Crippen LogP contribution in [0.25, 0.3) is 10.8 Å². The molecule has 0 spiro atoms. The lowest BCUT2D eigenvalue weighted by Crippen LogP contribution is -1.82. The van der Waals surface area contributed by atoms with Crippen LogP contribution in [0, 0.1) is 55.4 Å². The number of aryl methyl sites for hydroxylation is 8. The predicted molar refractivity (Wildman–Crippen MR) is 205 cm³/mol. The van der Waals surface area contributed by atoms with Crippen LogP contribution >= 0.6 is 0 Å². The van der Waals surface area contributed by atoms with Gasteiger partial charge in [-0.15, -0.1) is 0 Å². The molecule has 6 heteroatoms. The number of carbonyl (C=O) groups excluding carboxylic acids is 2. The molecular formula is C44H48O6. The summed E-state index contributed by atoms with van der Waals surface area (Å²) >= 11 is 0. The fourth-order valence-corrected chi connectivity index (χ4v) is 4.31. The molecule has 0 unspecified atom stereocenters. The number of aromatic hydroxyl groups is 4. The van der Waals surface area contributed by atoms with E-state index >= 15 is 0 Å². The number of rotatable bonds is 2. The minimum Gasteiger partial charge on any atom is -0.508 e. The Balaban J connectivity index is 0.000000220. The van der Waals surface area contributed by atoms with Crippen molar-refractivity contribution in [3.8, 4) is 23.0 Å². The van der Waals surface area contributed by atoms with Gasteiger partial charge in [0.25, 0.3) is 0 Å². The number of carbonyl (C=O) groups is 2. The van der Waals surface area contributed by atoms with E-state index in [9.17, 15) is 9.59 Å². The van der Waals surface area contributed by atoms with Gasteiger partial charge in [-0.25, -0.2) is 0 Å². The van der Waals surface area contributed by atoms with Crippen LogP contribution in [-0.4, -0.2) is 33.0 Å². The van der Waals surface area contributed by atoms with Gasteiger partial charge in [0.05, 0.1) is 0 Å². The standard InChI is InChI=1S/C12H8O2.4C8H10O/c13-7-9-1-3-11-6-10(8-14)2-4-12(11)5-9;4*1-6-3-4-7(2)8(9)5-6/h1-8H;4*3-5,9H,1-2H3. The number of hydrogen-bond acceptors (Lipinski definition) is 6. The molecule has 0 amide bonds. The second-order valence-corrected chi connectivity index (χ2v) is 12.3. The molecular weight excluding hydrogens is 624 g/mol. The van der Waals surface area contributed by atoms with E-state index in [2.05, 4.69) is 0 Å². The smallest absolute Gasteiger partial charge is 0.150 e.